The smallest absolute Gasteiger partial charge is 0.215 e. The first kappa shape index (κ1) is 16.6. The van der Waals surface area contributed by atoms with Crippen molar-refractivity contribution < 1.29 is 13.2 Å². The lowest BCUT2D eigenvalue weighted by Gasteiger charge is -2.13. The molecule has 0 fully saturated rings. The Balaban J connectivity index is 2.61. The summed E-state index contributed by atoms with van der Waals surface area (Å²) in [4.78, 5) is 0. The summed E-state index contributed by atoms with van der Waals surface area (Å²) in [5.41, 5.74) is 7.18. The molecule has 20 heavy (non-hydrogen) atoms. The Morgan fingerprint density at radius 2 is 2.05 bits per heavy atom. The first-order valence-electron chi connectivity index (χ1n) is 6.53. The van der Waals surface area contributed by atoms with Crippen LogP contribution in [0.15, 0.2) is 18.2 Å². The van der Waals surface area contributed by atoms with E-state index in [0.717, 1.165) is 12.1 Å². The van der Waals surface area contributed by atoms with E-state index in [0.29, 0.717) is 24.6 Å². The maximum Gasteiger partial charge on any atom is 0.215 e. The number of sulfonamides is 1. The fourth-order valence-electron chi connectivity index (χ4n) is 1.49. The molecule has 6 nitrogen and oxygen atoms in total. The molecule has 0 saturated heterocycles. The van der Waals surface area contributed by atoms with Crippen molar-refractivity contribution in [3.63, 3.8) is 0 Å². The standard InChI is InChI=1S/C13H23N3O3S/c1-4-8-19-13-10-11(5-6-12(13)14)15-7-9-20(17,18)16(2)3/h5-6,10,15H,4,7-9,14H2,1-3H3. The van der Waals surface area contributed by atoms with Gasteiger partial charge in [-0.25, -0.2) is 12.7 Å². The van der Waals surface area contributed by atoms with Crippen LogP contribution in [0.3, 0.4) is 0 Å². The van der Waals surface area contributed by atoms with Crippen molar-refractivity contribution in [3.8, 4) is 5.75 Å². The number of nitrogens with zero attached hydrogens (tertiary/aromatic N) is 1. The van der Waals surface area contributed by atoms with Crippen molar-refractivity contribution >= 4 is 21.4 Å². The molecule has 7 heteroatoms. The average Bonchev–Trinajstić information content (AvgIpc) is 2.38. The molecule has 3 N–H and O–H groups in total. The summed E-state index contributed by atoms with van der Waals surface area (Å²) in [6.07, 6.45) is 0.901. The van der Waals surface area contributed by atoms with Gasteiger partial charge in [0.15, 0.2) is 0 Å². The number of anilines is 2. The van der Waals surface area contributed by atoms with Gasteiger partial charge in [-0.3, -0.25) is 0 Å². The average molecular weight is 301 g/mol. The summed E-state index contributed by atoms with van der Waals surface area (Å²) in [5, 5.41) is 3.06. The van der Waals surface area contributed by atoms with Crippen LogP contribution in [0.5, 0.6) is 5.75 Å². The maximum absolute atomic E-state index is 11.6. The molecule has 0 heterocycles. The highest BCUT2D eigenvalue weighted by Crippen LogP contribution is 2.25. The molecular formula is C13H23N3O3S. The molecule has 0 atom stereocenters. The highest BCUT2D eigenvalue weighted by Gasteiger charge is 2.12. The van der Waals surface area contributed by atoms with Gasteiger partial charge >= 0.3 is 0 Å². The highest BCUT2D eigenvalue weighted by molar-refractivity contribution is 7.89. The van der Waals surface area contributed by atoms with Crippen molar-refractivity contribution in [2.75, 3.05) is 44.1 Å². The van der Waals surface area contributed by atoms with Crippen LogP contribution >= 0.6 is 0 Å². The van der Waals surface area contributed by atoms with Crippen LogP contribution in [0.25, 0.3) is 0 Å². The van der Waals surface area contributed by atoms with Gasteiger partial charge in [-0.2, -0.15) is 0 Å². The lowest BCUT2D eigenvalue weighted by Crippen LogP contribution is -2.28. The molecule has 0 aliphatic heterocycles. The van der Waals surface area contributed by atoms with Crippen LogP contribution in [0.4, 0.5) is 11.4 Å². The molecule has 0 aromatic heterocycles. The fourth-order valence-corrected chi connectivity index (χ4v) is 2.21. The highest BCUT2D eigenvalue weighted by atomic mass is 32.2. The summed E-state index contributed by atoms with van der Waals surface area (Å²) in [5.74, 6) is 0.655. The van der Waals surface area contributed by atoms with Gasteiger partial charge in [0.2, 0.25) is 10.0 Å². The predicted molar refractivity (Wildman–Crippen MR) is 82.6 cm³/mol. The minimum atomic E-state index is -3.19. The van der Waals surface area contributed by atoms with Crippen LogP contribution in [-0.4, -0.2) is 45.7 Å². The van der Waals surface area contributed by atoms with Crippen LogP contribution in [0.2, 0.25) is 0 Å². The van der Waals surface area contributed by atoms with E-state index in [1.165, 1.54) is 18.4 Å². The molecule has 0 spiro atoms. The fraction of sp³-hybridized carbons (Fsp3) is 0.538. The first-order valence-corrected chi connectivity index (χ1v) is 8.14. The van der Waals surface area contributed by atoms with Gasteiger partial charge < -0.3 is 15.8 Å². The predicted octanol–water partition coefficient (Wildman–Crippen LogP) is 1.36. The van der Waals surface area contributed by atoms with Crippen molar-refractivity contribution in [2.45, 2.75) is 13.3 Å². The normalized spacial score (nSPS) is 11.6. The number of benzene rings is 1. The Labute approximate surface area is 121 Å². The Hall–Kier alpha value is -1.47. The number of hydrogen-bond acceptors (Lipinski definition) is 5. The Morgan fingerprint density at radius 1 is 1.35 bits per heavy atom. The molecule has 1 rings (SSSR count). The van der Waals surface area contributed by atoms with Crippen molar-refractivity contribution in [3.05, 3.63) is 18.2 Å². The summed E-state index contributed by atoms with van der Waals surface area (Å²) >= 11 is 0. The summed E-state index contributed by atoms with van der Waals surface area (Å²) in [7, 11) is -0.140. The second-order valence-electron chi connectivity index (χ2n) is 4.63. The molecule has 0 bridgehead atoms. The van der Waals surface area contributed by atoms with Gasteiger partial charge in [0.05, 0.1) is 18.0 Å². The van der Waals surface area contributed by atoms with Gasteiger partial charge in [-0.15, -0.1) is 0 Å². The quantitative estimate of drug-likeness (QED) is 0.708. The number of hydrogen-bond donors (Lipinski definition) is 2. The molecule has 0 radical (unpaired) electrons. The van der Waals surface area contributed by atoms with Crippen LogP contribution in [-0.2, 0) is 10.0 Å². The largest absolute Gasteiger partial charge is 0.491 e. The van der Waals surface area contributed by atoms with E-state index in [4.69, 9.17) is 10.5 Å². The number of nitrogens with one attached hydrogen (secondary N) is 1. The van der Waals surface area contributed by atoms with E-state index in [9.17, 15) is 8.42 Å². The van der Waals surface area contributed by atoms with Crippen molar-refractivity contribution in [1.29, 1.82) is 0 Å². The molecule has 0 amide bonds. The molecule has 0 unspecified atom stereocenters. The van der Waals surface area contributed by atoms with E-state index in [1.807, 2.05) is 6.92 Å². The SMILES string of the molecule is CCCOc1cc(NCCS(=O)(=O)N(C)C)ccc1N. The van der Waals surface area contributed by atoms with Gasteiger partial charge in [0.25, 0.3) is 0 Å². The van der Waals surface area contributed by atoms with Gasteiger partial charge in [-0.05, 0) is 18.6 Å². The number of rotatable bonds is 8. The molecule has 1 aromatic rings. The Bertz CT molecular complexity index is 530. The third-order valence-corrected chi connectivity index (χ3v) is 4.55. The monoisotopic (exact) mass is 301 g/mol. The van der Waals surface area contributed by atoms with E-state index >= 15 is 0 Å². The number of nitrogens with two attached hydrogens (primary N) is 1. The zero-order chi connectivity index (χ0) is 15.2. The second-order valence-corrected chi connectivity index (χ2v) is 6.93. The van der Waals surface area contributed by atoms with Gasteiger partial charge in [-0.1, -0.05) is 6.92 Å². The summed E-state index contributed by atoms with van der Waals surface area (Å²) in [6.45, 7) is 2.95. The summed E-state index contributed by atoms with van der Waals surface area (Å²) in [6, 6.07) is 5.33. The zero-order valence-corrected chi connectivity index (χ0v) is 13.0. The Kier molecular flexibility index (Phi) is 6.09. The molecule has 1 aromatic carbocycles. The lowest BCUT2D eigenvalue weighted by molar-refractivity contribution is 0.319. The number of ether oxygens (including phenoxy) is 1. The van der Waals surface area contributed by atoms with E-state index in [-0.39, 0.29) is 5.75 Å². The van der Waals surface area contributed by atoms with Gasteiger partial charge in [0, 0.05) is 32.4 Å². The van der Waals surface area contributed by atoms with E-state index < -0.39 is 10.0 Å². The van der Waals surface area contributed by atoms with Crippen molar-refractivity contribution in [1.82, 2.24) is 4.31 Å². The van der Waals surface area contributed by atoms with Crippen molar-refractivity contribution in [2.24, 2.45) is 0 Å². The topological polar surface area (TPSA) is 84.7 Å². The zero-order valence-electron chi connectivity index (χ0n) is 12.2. The second kappa shape index (κ2) is 7.35. The molecule has 0 saturated carbocycles. The number of nitrogen functional groups attached to an aromatic ring is 1. The third kappa shape index (κ3) is 4.90. The maximum atomic E-state index is 11.6. The summed E-state index contributed by atoms with van der Waals surface area (Å²) < 4.78 is 30.0. The molecule has 114 valence electrons. The molecule has 0 aliphatic rings. The third-order valence-electron chi connectivity index (χ3n) is 2.72. The van der Waals surface area contributed by atoms with E-state index in [2.05, 4.69) is 5.32 Å². The van der Waals surface area contributed by atoms with Crippen LogP contribution in [0, 0.1) is 0 Å². The minimum absolute atomic E-state index is 0.0372. The van der Waals surface area contributed by atoms with Crippen LogP contribution in [0.1, 0.15) is 13.3 Å². The molecular weight excluding hydrogens is 278 g/mol. The first-order chi connectivity index (χ1) is 9.36. The van der Waals surface area contributed by atoms with Crippen LogP contribution < -0.4 is 15.8 Å². The van der Waals surface area contributed by atoms with E-state index in [1.54, 1.807) is 18.2 Å². The lowest BCUT2D eigenvalue weighted by atomic mass is 10.2. The molecule has 0 aliphatic carbocycles. The van der Waals surface area contributed by atoms with Gasteiger partial charge in [0.1, 0.15) is 5.75 Å². The minimum Gasteiger partial charge on any atom is -0.491 e. The Morgan fingerprint density at radius 3 is 2.65 bits per heavy atom.